The van der Waals surface area contributed by atoms with E-state index in [1.807, 2.05) is 17.0 Å². The summed E-state index contributed by atoms with van der Waals surface area (Å²) in [5, 5.41) is 0. The molecule has 0 unspecified atom stereocenters. The molecule has 2 aliphatic heterocycles. The number of hydrogen-bond donors (Lipinski definition) is 0. The van der Waals surface area contributed by atoms with Crippen LogP contribution >= 0.6 is 15.9 Å². The molecule has 1 aromatic heterocycles. The molecule has 0 bridgehead atoms. The number of rotatable bonds is 2. The minimum Gasteiger partial charge on any atom is -0.338 e. The molecule has 3 rings (SSSR count). The first kappa shape index (κ1) is 14.0. The van der Waals surface area contributed by atoms with E-state index in [-0.39, 0.29) is 5.91 Å². The van der Waals surface area contributed by atoms with E-state index in [0.29, 0.717) is 16.2 Å². The third-order valence-corrected chi connectivity index (χ3v) is 5.03. The molecule has 5 heteroatoms. The van der Waals surface area contributed by atoms with Crippen molar-refractivity contribution in [2.75, 3.05) is 26.2 Å². The lowest BCUT2D eigenvalue weighted by atomic mass is 10.0. The fourth-order valence-corrected chi connectivity index (χ4v) is 3.68. The summed E-state index contributed by atoms with van der Waals surface area (Å²) in [6, 6.07) is 4.33. The molecule has 3 heterocycles. The molecule has 0 atom stereocenters. The van der Waals surface area contributed by atoms with Crippen LogP contribution in [0.3, 0.4) is 0 Å². The van der Waals surface area contributed by atoms with Gasteiger partial charge in [0.1, 0.15) is 4.60 Å². The normalized spacial score (nSPS) is 21.4. The van der Waals surface area contributed by atoms with Gasteiger partial charge in [0.15, 0.2) is 0 Å². The first-order chi connectivity index (χ1) is 9.75. The van der Waals surface area contributed by atoms with Crippen LogP contribution in [-0.4, -0.2) is 52.9 Å². The first-order valence-electron chi connectivity index (χ1n) is 7.39. The van der Waals surface area contributed by atoms with E-state index < -0.39 is 0 Å². The highest BCUT2D eigenvalue weighted by Crippen LogP contribution is 2.23. The van der Waals surface area contributed by atoms with Gasteiger partial charge in [-0.05, 0) is 66.8 Å². The number of halogens is 1. The van der Waals surface area contributed by atoms with Crippen LogP contribution in [0.4, 0.5) is 0 Å². The molecule has 2 saturated heterocycles. The van der Waals surface area contributed by atoms with E-state index >= 15 is 0 Å². The SMILES string of the molecule is O=C(c1cccnc1Br)N1CCC(N2CCCC2)CC1. The van der Waals surface area contributed by atoms with Gasteiger partial charge in [-0.2, -0.15) is 0 Å². The lowest BCUT2D eigenvalue weighted by Gasteiger charge is -2.36. The van der Waals surface area contributed by atoms with E-state index in [1.165, 1.54) is 25.9 Å². The van der Waals surface area contributed by atoms with E-state index in [9.17, 15) is 4.79 Å². The van der Waals surface area contributed by atoms with Gasteiger partial charge in [0, 0.05) is 25.3 Å². The van der Waals surface area contributed by atoms with Crippen molar-refractivity contribution in [1.29, 1.82) is 0 Å². The molecule has 0 N–H and O–H groups in total. The molecule has 108 valence electrons. The highest BCUT2D eigenvalue weighted by Gasteiger charge is 2.29. The van der Waals surface area contributed by atoms with E-state index in [2.05, 4.69) is 25.8 Å². The molecule has 0 radical (unpaired) electrons. The second-order valence-electron chi connectivity index (χ2n) is 5.61. The molecule has 0 aromatic carbocycles. The van der Waals surface area contributed by atoms with Crippen LogP contribution in [0.25, 0.3) is 0 Å². The van der Waals surface area contributed by atoms with Crippen LogP contribution in [-0.2, 0) is 0 Å². The Morgan fingerprint density at radius 1 is 1.20 bits per heavy atom. The number of nitrogens with zero attached hydrogens (tertiary/aromatic N) is 3. The third-order valence-electron chi connectivity index (χ3n) is 4.40. The molecule has 20 heavy (non-hydrogen) atoms. The first-order valence-corrected chi connectivity index (χ1v) is 8.19. The Balaban J connectivity index is 1.60. The lowest BCUT2D eigenvalue weighted by molar-refractivity contribution is 0.0643. The van der Waals surface area contributed by atoms with Crippen molar-refractivity contribution in [2.45, 2.75) is 31.7 Å². The van der Waals surface area contributed by atoms with Crippen LogP contribution in [0, 0.1) is 0 Å². The summed E-state index contributed by atoms with van der Waals surface area (Å²) in [5.74, 6) is 0.102. The van der Waals surface area contributed by atoms with Gasteiger partial charge in [0.2, 0.25) is 0 Å². The number of likely N-dealkylation sites (tertiary alicyclic amines) is 2. The van der Waals surface area contributed by atoms with Gasteiger partial charge < -0.3 is 9.80 Å². The maximum absolute atomic E-state index is 12.5. The fourth-order valence-electron chi connectivity index (χ4n) is 3.26. The number of piperidine rings is 1. The van der Waals surface area contributed by atoms with Crippen molar-refractivity contribution in [2.24, 2.45) is 0 Å². The van der Waals surface area contributed by atoms with Crippen molar-refractivity contribution in [3.8, 4) is 0 Å². The van der Waals surface area contributed by atoms with E-state index in [0.717, 1.165) is 25.9 Å². The summed E-state index contributed by atoms with van der Waals surface area (Å²) in [6.45, 7) is 4.21. The standard InChI is InChI=1S/C15H20BrN3O/c16-14-13(4-3-7-17-14)15(20)19-10-5-12(6-11-19)18-8-1-2-9-18/h3-4,7,12H,1-2,5-6,8-11H2. The zero-order valence-electron chi connectivity index (χ0n) is 11.6. The highest BCUT2D eigenvalue weighted by molar-refractivity contribution is 9.10. The Morgan fingerprint density at radius 3 is 2.55 bits per heavy atom. The second kappa shape index (κ2) is 6.22. The molecule has 0 spiro atoms. The molecule has 1 aromatic rings. The summed E-state index contributed by atoms with van der Waals surface area (Å²) < 4.78 is 0.645. The van der Waals surface area contributed by atoms with E-state index in [1.54, 1.807) is 6.20 Å². The van der Waals surface area contributed by atoms with Crippen molar-refractivity contribution >= 4 is 21.8 Å². The molecule has 0 aliphatic carbocycles. The smallest absolute Gasteiger partial charge is 0.256 e. The average Bonchev–Trinajstić information content (AvgIpc) is 3.01. The minimum atomic E-state index is 0.102. The van der Waals surface area contributed by atoms with Crippen LogP contribution in [0.2, 0.25) is 0 Å². The molecule has 4 nitrogen and oxygen atoms in total. The van der Waals surface area contributed by atoms with Crippen molar-refractivity contribution in [3.63, 3.8) is 0 Å². The van der Waals surface area contributed by atoms with Crippen LogP contribution in [0.1, 0.15) is 36.0 Å². The Morgan fingerprint density at radius 2 is 1.90 bits per heavy atom. The van der Waals surface area contributed by atoms with Gasteiger partial charge in [0.25, 0.3) is 5.91 Å². The van der Waals surface area contributed by atoms with Gasteiger partial charge in [-0.15, -0.1) is 0 Å². The minimum absolute atomic E-state index is 0.102. The van der Waals surface area contributed by atoms with Gasteiger partial charge in [0.05, 0.1) is 5.56 Å². The summed E-state index contributed by atoms with van der Waals surface area (Å²) in [4.78, 5) is 21.2. The Bertz CT molecular complexity index is 480. The van der Waals surface area contributed by atoms with Crippen LogP contribution in [0.15, 0.2) is 22.9 Å². The van der Waals surface area contributed by atoms with Gasteiger partial charge in [-0.1, -0.05) is 0 Å². The number of carbonyl (C=O) groups excluding carboxylic acids is 1. The van der Waals surface area contributed by atoms with Crippen molar-refractivity contribution < 1.29 is 4.79 Å². The Kier molecular flexibility index (Phi) is 4.36. The predicted molar refractivity (Wildman–Crippen MR) is 81.7 cm³/mol. The number of hydrogen-bond acceptors (Lipinski definition) is 3. The third kappa shape index (κ3) is 2.88. The molecule has 1 amide bonds. The lowest BCUT2D eigenvalue weighted by Crippen LogP contribution is -2.46. The number of pyridine rings is 1. The zero-order valence-corrected chi connectivity index (χ0v) is 13.2. The summed E-state index contributed by atoms with van der Waals surface area (Å²) in [7, 11) is 0. The summed E-state index contributed by atoms with van der Waals surface area (Å²) in [6.07, 6.45) is 6.57. The number of aromatic nitrogens is 1. The quantitative estimate of drug-likeness (QED) is 0.778. The maximum Gasteiger partial charge on any atom is 0.256 e. The number of amides is 1. The molecule has 2 fully saturated rings. The highest BCUT2D eigenvalue weighted by atomic mass is 79.9. The largest absolute Gasteiger partial charge is 0.338 e. The molecule has 0 saturated carbocycles. The number of carbonyl (C=O) groups is 1. The maximum atomic E-state index is 12.5. The van der Waals surface area contributed by atoms with Gasteiger partial charge in [-0.25, -0.2) is 4.98 Å². The topological polar surface area (TPSA) is 36.4 Å². The van der Waals surface area contributed by atoms with Crippen LogP contribution in [0.5, 0.6) is 0 Å². The average molecular weight is 338 g/mol. The van der Waals surface area contributed by atoms with Crippen molar-refractivity contribution in [1.82, 2.24) is 14.8 Å². The Hall–Kier alpha value is -0.940. The Labute approximate surface area is 128 Å². The van der Waals surface area contributed by atoms with Gasteiger partial charge in [-0.3, -0.25) is 4.79 Å². The second-order valence-corrected chi connectivity index (χ2v) is 6.36. The summed E-state index contributed by atoms with van der Waals surface area (Å²) in [5.41, 5.74) is 0.673. The zero-order chi connectivity index (χ0) is 13.9. The van der Waals surface area contributed by atoms with E-state index in [4.69, 9.17) is 0 Å². The monoisotopic (exact) mass is 337 g/mol. The van der Waals surface area contributed by atoms with Gasteiger partial charge >= 0.3 is 0 Å². The molecular formula is C15H20BrN3O. The van der Waals surface area contributed by atoms with Crippen molar-refractivity contribution in [3.05, 3.63) is 28.5 Å². The fraction of sp³-hybridized carbons (Fsp3) is 0.600. The summed E-state index contributed by atoms with van der Waals surface area (Å²) >= 11 is 3.36. The molecule has 2 aliphatic rings. The van der Waals surface area contributed by atoms with Crippen LogP contribution < -0.4 is 0 Å². The molecular weight excluding hydrogens is 318 g/mol. The predicted octanol–water partition coefficient (Wildman–Crippen LogP) is 2.54.